The van der Waals surface area contributed by atoms with E-state index >= 15 is 0 Å². The molecule has 0 atom stereocenters. The molecular weight excluding hydrogens is 590 g/mol. The van der Waals surface area contributed by atoms with Crippen molar-refractivity contribution in [2.75, 3.05) is 0 Å². The number of amides is 1. The largest absolute Gasteiger partial charge is 0.506 e. The molecule has 0 saturated carbocycles. The van der Waals surface area contributed by atoms with Crippen LogP contribution >= 0.6 is 47.8 Å². The van der Waals surface area contributed by atoms with Gasteiger partial charge in [-0.15, -0.1) is 0 Å². The van der Waals surface area contributed by atoms with Crippen LogP contribution in [0.2, 0.25) is 0 Å². The number of halogens is 3. The predicted molar refractivity (Wildman–Crippen MR) is 121 cm³/mol. The Morgan fingerprint density at radius 1 is 1.23 bits per heavy atom. The summed E-state index contributed by atoms with van der Waals surface area (Å²) in [6.45, 7) is 0.264. The Balaban J connectivity index is 1.77. The van der Waals surface area contributed by atoms with E-state index in [-0.39, 0.29) is 18.0 Å². The normalized spacial score (nSPS) is 11.0. The first kappa shape index (κ1) is 22.1. The van der Waals surface area contributed by atoms with E-state index in [0.717, 1.165) is 10.0 Å². The Bertz CT molecular complexity index is 1120. The standard InChI is InChI=1S/C18H12Br3N5O4/c19-12-3-1-10(2-4-12)8-25-9-15(26(29)30)16(24-25)18(28)23-22-7-11-5-13(20)17(27)14(21)6-11/h1-7,9,27H,8H2,(H,23,28)/b22-7+. The zero-order chi connectivity index (χ0) is 21.8. The van der Waals surface area contributed by atoms with Gasteiger partial charge in [-0.3, -0.25) is 19.6 Å². The van der Waals surface area contributed by atoms with Gasteiger partial charge in [0.05, 0.1) is 26.6 Å². The predicted octanol–water partition coefficient (Wildman–Crippen LogP) is 4.60. The van der Waals surface area contributed by atoms with Crippen LogP contribution in [0.1, 0.15) is 21.6 Å². The number of nitro groups is 1. The molecule has 0 aliphatic carbocycles. The van der Waals surface area contributed by atoms with Crippen LogP contribution in [-0.4, -0.2) is 31.9 Å². The van der Waals surface area contributed by atoms with Gasteiger partial charge in [0.25, 0.3) is 5.91 Å². The molecule has 1 heterocycles. The molecule has 30 heavy (non-hydrogen) atoms. The van der Waals surface area contributed by atoms with Crippen molar-refractivity contribution in [1.29, 1.82) is 0 Å². The van der Waals surface area contributed by atoms with E-state index in [0.29, 0.717) is 14.5 Å². The maximum Gasteiger partial charge on any atom is 0.320 e. The maximum atomic E-state index is 12.4. The van der Waals surface area contributed by atoms with Crippen LogP contribution in [0.5, 0.6) is 5.75 Å². The van der Waals surface area contributed by atoms with Gasteiger partial charge in [-0.1, -0.05) is 28.1 Å². The van der Waals surface area contributed by atoms with Crippen molar-refractivity contribution in [3.05, 3.63) is 82.9 Å². The zero-order valence-electron chi connectivity index (χ0n) is 14.9. The first-order valence-corrected chi connectivity index (χ1v) is 10.6. The summed E-state index contributed by atoms with van der Waals surface area (Å²) in [5.41, 5.74) is 2.90. The van der Waals surface area contributed by atoms with Crippen molar-refractivity contribution in [3.8, 4) is 5.75 Å². The van der Waals surface area contributed by atoms with Gasteiger partial charge in [-0.2, -0.15) is 10.2 Å². The van der Waals surface area contributed by atoms with E-state index < -0.39 is 16.5 Å². The van der Waals surface area contributed by atoms with E-state index in [9.17, 15) is 20.0 Å². The van der Waals surface area contributed by atoms with E-state index in [1.54, 1.807) is 12.1 Å². The van der Waals surface area contributed by atoms with Crippen molar-refractivity contribution in [2.24, 2.45) is 5.10 Å². The number of nitrogens with zero attached hydrogens (tertiary/aromatic N) is 4. The highest BCUT2D eigenvalue weighted by molar-refractivity contribution is 9.11. The lowest BCUT2D eigenvalue weighted by Gasteiger charge is -2.02. The Morgan fingerprint density at radius 2 is 1.87 bits per heavy atom. The molecule has 0 spiro atoms. The van der Waals surface area contributed by atoms with Crippen LogP contribution in [0.15, 0.2) is 61.1 Å². The second-order valence-corrected chi connectivity index (χ2v) is 8.60. The molecule has 12 heteroatoms. The first-order chi connectivity index (χ1) is 14.2. The number of carbonyl (C=O) groups excluding carboxylic acids is 1. The molecule has 0 saturated heterocycles. The molecule has 154 valence electrons. The van der Waals surface area contributed by atoms with Crippen LogP contribution in [0.25, 0.3) is 0 Å². The first-order valence-electron chi connectivity index (χ1n) is 8.22. The van der Waals surface area contributed by atoms with E-state index in [1.165, 1.54) is 17.1 Å². The molecule has 0 aliphatic rings. The number of benzene rings is 2. The fourth-order valence-corrected chi connectivity index (χ4v) is 3.93. The number of phenolic OH excluding ortho intramolecular Hbond substituents is 1. The van der Waals surface area contributed by atoms with Gasteiger partial charge >= 0.3 is 5.69 Å². The summed E-state index contributed by atoms with van der Waals surface area (Å²) in [5.74, 6) is -0.785. The third kappa shape index (κ3) is 5.32. The highest BCUT2D eigenvalue weighted by atomic mass is 79.9. The van der Waals surface area contributed by atoms with Crippen molar-refractivity contribution in [3.63, 3.8) is 0 Å². The van der Waals surface area contributed by atoms with E-state index in [2.05, 4.69) is 63.4 Å². The van der Waals surface area contributed by atoms with Crippen molar-refractivity contribution in [2.45, 2.75) is 6.54 Å². The fraction of sp³-hybridized carbons (Fsp3) is 0.0556. The van der Waals surface area contributed by atoms with Gasteiger partial charge in [-0.25, -0.2) is 5.43 Å². The summed E-state index contributed by atoms with van der Waals surface area (Å²) >= 11 is 9.73. The molecule has 0 aliphatic heterocycles. The lowest BCUT2D eigenvalue weighted by molar-refractivity contribution is -0.385. The number of hydrogen-bond donors (Lipinski definition) is 2. The number of phenols is 1. The molecule has 1 amide bonds. The van der Waals surface area contributed by atoms with Crippen LogP contribution in [0.4, 0.5) is 5.69 Å². The summed E-state index contributed by atoms with van der Waals surface area (Å²) < 4.78 is 3.11. The van der Waals surface area contributed by atoms with E-state index in [4.69, 9.17) is 0 Å². The summed E-state index contributed by atoms with van der Waals surface area (Å²) in [5, 5.41) is 28.9. The van der Waals surface area contributed by atoms with Gasteiger partial charge in [0.2, 0.25) is 5.69 Å². The minimum absolute atomic E-state index is 0.0307. The summed E-state index contributed by atoms with van der Waals surface area (Å²) in [4.78, 5) is 23.1. The average molecular weight is 602 g/mol. The number of hydrogen-bond acceptors (Lipinski definition) is 6. The molecule has 0 radical (unpaired) electrons. The summed E-state index contributed by atoms with van der Waals surface area (Å²) in [6, 6.07) is 10.5. The van der Waals surface area contributed by atoms with Crippen LogP contribution in [0, 0.1) is 10.1 Å². The molecule has 3 rings (SSSR count). The zero-order valence-corrected chi connectivity index (χ0v) is 19.7. The average Bonchev–Trinajstić information content (AvgIpc) is 3.12. The Kier molecular flexibility index (Phi) is 7.00. The molecular formula is C18H12Br3N5O4. The SMILES string of the molecule is O=C(N/N=C/c1cc(Br)c(O)c(Br)c1)c1nn(Cc2ccc(Br)cc2)cc1[N+](=O)[O-]. The molecule has 9 nitrogen and oxygen atoms in total. The molecule has 1 aromatic heterocycles. The number of carbonyl (C=O) groups is 1. The van der Waals surface area contributed by atoms with Crippen LogP contribution < -0.4 is 5.43 Å². The molecule has 0 fully saturated rings. The maximum absolute atomic E-state index is 12.4. The number of rotatable bonds is 6. The van der Waals surface area contributed by atoms with Crippen molar-refractivity contribution >= 4 is 65.6 Å². The third-order valence-electron chi connectivity index (χ3n) is 3.83. The minimum atomic E-state index is -0.815. The highest BCUT2D eigenvalue weighted by Crippen LogP contribution is 2.32. The molecule has 2 N–H and O–H groups in total. The Labute approximate surface area is 195 Å². The van der Waals surface area contributed by atoms with E-state index in [1.807, 2.05) is 24.3 Å². The second-order valence-electron chi connectivity index (χ2n) is 5.98. The number of aromatic hydroxyl groups is 1. The van der Waals surface area contributed by atoms with Crippen LogP contribution in [-0.2, 0) is 6.54 Å². The van der Waals surface area contributed by atoms with Crippen LogP contribution in [0.3, 0.4) is 0 Å². The van der Waals surface area contributed by atoms with Gasteiger partial charge in [0, 0.05) is 4.47 Å². The van der Waals surface area contributed by atoms with Gasteiger partial charge in [-0.05, 0) is 67.3 Å². The Hall–Kier alpha value is -2.57. The highest BCUT2D eigenvalue weighted by Gasteiger charge is 2.25. The number of nitrogens with one attached hydrogen (secondary N) is 1. The monoisotopic (exact) mass is 599 g/mol. The molecule has 0 unspecified atom stereocenters. The molecule has 2 aromatic carbocycles. The number of hydrazone groups is 1. The van der Waals surface area contributed by atoms with Crippen molar-refractivity contribution < 1.29 is 14.8 Å². The molecule has 3 aromatic rings. The van der Waals surface area contributed by atoms with Gasteiger partial charge < -0.3 is 5.11 Å². The van der Waals surface area contributed by atoms with Crippen molar-refractivity contribution in [1.82, 2.24) is 15.2 Å². The number of aromatic nitrogens is 2. The minimum Gasteiger partial charge on any atom is -0.506 e. The summed E-state index contributed by atoms with van der Waals surface area (Å²) in [7, 11) is 0. The lowest BCUT2D eigenvalue weighted by Crippen LogP contribution is -2.19. The fourth-order valence-electron chi connectivity index (χ4n) is 2.44. The second kappa shape index (κ2) is 9.49. The lowest BCUT2D eigenvalue weighted by atomic mass is 10.2. The Morgan fingerprint density at radius 3 is 2.47 bits per heavy atom. The third-order valence-corrected chi connectivity index (χ3v) is 5.57. The quantitative estimate of drug-likeness (QED) is 0.243. The van der Waals surface area contributed by atoms with Gasteiger partial charge in [0.1, 0.15) is 11.9 Å². The smallest absolute Gasteiger partial charge is 0.320 e. The van der Waals surface area contributed by atoms with Gasteiger partial charge in [0.15, 0.2) is 0 Å². The summed E-state index contributed by atoms with van der Waals surface area (Å²) in [6.07, 6.45) is 2.53. The topological polar surface area (TPSA) is 123 Å². The molecule has 0 bridgehead atoms.